The highest BCUT2D eigenvalue weighted by molar-refractivity contribution is 6.02. The van der Waals surface area contributed by atoms with Crippen molar-refractivity contribution in [1.29, 1.82) is 0 Å². The van der Waals surface area contributed by atoms with Crippen LogP contribution in [0.3, 0.4) is 0 Å². The number of likely N-dealkylation sites (N-methyl/N-ethyl adjacent to an activating group) is 1. The van der Waals surface area contributed by atoms with E-state index < -0.39 is 12.0 Å². The highest BCUT2D eigenvalue weighted by Crippen LogP contribution is 2.46. The Labute approximate surface area is 237 Å². The number of carbonyl (C=O) groups is 2. The molecule has 2 aromatic carbocycles. The molecule has 0 aromatic heterocycles. The molecule has 0 spiro atoms. The number of methoxy groups -OCH3 is 4. The van der Waals surface area contributed by atoms with Crippen LogP contribution in [0.2, 0.25) is 0 Å². The van der Waals surface area contributed by atoms with Crippen molar-refractivity contribution in [3.05, 3.63) is 47.0 Å². The molecule has 3 atom stereocenters. The van der Waals surface area contributed by atoms with E-state index in [1.165, 1.54) is 26.4 Å². The molecule has 0 unspecified atom stereocenters. The molecule has 40 heavy (non-hydrogen) atoms. The van der Waals surface area contributed by atoms with Crippen molar-refractivity contribution >= 4 is 11.8 Å². The van der Waals surface area contributed by atoms with E-state index >= 15 is 0 Å². The summed E-state index contributed by atoms with van der Waals surface area (Å²) in [6.07, 6.45) is 5.80. The molecular weight excluding hydrogens is 510 g/mol. The van der Waals surface area contributed by atoms with Crippen molar-refractivity contribution in [2.45, 2.75) is 57.0 Å². The standard InChI is InChI=1S/C31H43N3O6/c1-7-21-11-8-9-15-34(21)16-10-14-32-30(35)28-22-18-26(39-5)27(40-6)19-23(22)31(36)33(2)29(28)20-12-13-24(37-3)25(17-20)38-4/h12-13,17-19,21,28-29H,7-11,14-16H2,1-6H3,(H,32,35)/t21-,28+,29+/m0/s1. The van der Waals surface area contributed by atoms with Gasteiger partial charge in [0.1, 0.15) is 0 Å². The second-order valence-corrected chi connectivity index (χ2v) is 10.5. The molecule has 0 bridgehead atoms. The van der Waals surface area contributed by atoms with Crippen LogP contribution in [0.4, 0.5) is 0 Å². The van der Waals surface area contributed by atoms with Gasteiger partial charge in [-0.15, -0.1) is 0 Å². The van der Waals surface area contributed by atoms with Crippen molar-refractivity contribution in [3.63, 3.8) is 0 Å². The second kappa shape index (κ2) is 13.3. The molecule has 2 heterocycles. The number of carbonyl (C=O) groups excluding carboxylic acids is 2. The Morgan fingerprint density at radius 3 is 2.30 bits per heavy atom. The van der Waals surface area contributed by atoms with Gasteiger partial charge >= 0.3 is 0 Å². The second-order valence-electron chi connectivity index (χ2n) is 10.5. The smallest absolute Gasteiger partial charge is 0.254 e. The van der Waals surface area contributed by atoms with Gasteiger partial charge in [-0.1, -0.05) is 19.4 Å². The van der Waals surface area contributed by atoms with Gasteiger partial charge in [-0.05, 0) is 67.6 Å². The van der Waals surface area contributed by atoms with E-state index in [0.29, 0.717) is 46.7 Å². The van der Waals surface area contributed by atoms with Crippen molar-refractivity contribution in [1.82, 2.24) is 15.1 Å². The van der Waals surface area contributed by atoms with Gasteiger partial charge in [0.25, 0.3) is 5.91 Å². The Bertz CT molecular complexity index is 1200. The fourth-order valence-electron chi connectivity index (χ4n) is 6.21. The van der Waals surface area contributed by atoms with Crippen LogP contribution in [0.5, 0.6) is 23.0 Å². The van der Waals surface area contributed by atoms with E-state index in [0.717, 1.165) is 31.5 Å². The molecule has 0 aliphatic carbocycles. The fraction of sp³-hybridized carbons (Fsp3) is 0.548. The predicted octanol–water partition coefficient (Wildman–Crippen LogP) is 4.40. The SMILES string of the molecule is CC[C@H]1CCCCN1CCCNC(=O)[C@@H]1c2cc(OC)c(OC)cc2C(=O)N(C)[C@@H]1c1ccc(OC)c(OC)c1. The van der Waals surface area contributed by atoms with E-state index in [1.807, 2.05) is 12.1 Å². The minimum absolute atomic E-state index is 0.140. The van der Waals surface area contributed by atoms with Crippen LogP contribution in [-0.2, 0) is 4.79 Å². The molecule has 1 fully saturated rings. The average molecular weight is 554 g/mol. The molecule has 218 valence electrons. The predicted molar refractivity (Wildman–Crippen MR) is 154 cm³/mol. The molecule has 9 nitrogen and oxygen atoms in total. The number of likely N-dealkylation sites (tertiary alicyclic amines) is 1. The number of ether oxygens (including phenoxy) is 4. The first-order valence-corrected chi connectivity index (χ1v) is 14.1. The number of hydrogen-bond acceptors (Lipinski definition) is 7. The minimum atomic E-state index is -0.672. The largest absolute Gasteiger partial charge is 0.493 e. The number of rotatable bonds is 11. The lowest BCUT2D eigenvalue weighted by Gasteiger charge is -2.40. The summed E-state index contributed by atoms with van der Waals surface area (Å²) < 4.78 is 22.0. The molecule has 2 aliphatic heterocycles. The monoisotopic (exact) mass is 553 g/mol. The first kappa shape index (κ1) is 29.5. The van der Waals surface area contributed by atoms with E-state index in [4.69, 9.17) is 18.9 Å². The van der Waals surface area contributed by atoms with Gasteiger partial charge in [0.05, 0.1) is 40.4 Å². The number of benzene rings is 2. The highest BCUT2D eigenvalue weighted by Gasteiger charge is 2.43. The van der Waals surface area contributed by atoms with Crippen molar-refractivity contribution < 1.29 is 28.5 Å². The van der Waals surface area contributed by atoms with Gasteiger partial charge in [-0.2, -0.15) is 0 Å². The number of fused-ring (bicyclic) bond motifs is 1. The maximum absolute atomic E-state index is 14.0. The van der Waals surface area contributed by atoms with Crippen molar-refractivity contribution in [3.8, 4) is 23.0 Å². The van der Waals surface area contributed by atoms with Crippen LogP contribution < -0.4 is 24.3 Å². The third-order valence-electron chi connectivity index (χ3n) is 8.35. The molecular formula is C31H43N3O6. The third-order valence-corrected chi connectivity index (χ3v) is 8.35. The summed E-state index contributed by atoms with van der Waals surface area (Å²) in [6.45, 7) is 4.89. The molecule has 0 saturated carbocycles. The molecule has 9 heteroatoms. The van der Waals surface area contributed by atoms with Gasteiger partial charge in [0.15, 0.2) is 23.0 Å². The third kappa shape index (κ3) is 5.84. The molecule has 4 rings (SSSR count). The number of nitrogens with zero attached hydrogens (tertiary/aromatic N) is 2. The number of piperidine rings is 1. The summed E-state index contributed by atoms with van der Waals surface area (Å²) >= 11 is 0. The Kier molecular flexibility index (Phi) is 9.79. The summed E-state index contributed by atoms with van der Waals surface area (Å²) in [7, 11) is 7.95. The van der Waals surface area contributed by atoms with E-state index in [-0.39, 0.29) is 11.8 Å². The lowest BCUT2D eigenvalue weighted by atomic mass is 9.79. The van der Waals surface area contributed by atoms with Crippen LogP contribution in [0.15, 0.2) is 30.3 Å². The number of nitrogens with one attached hydrogen (secondary N) is 1. The highest BCUT2D eigenvalue weighted by atomic mass is 16.5. The van der Waals surface area contributed by atoms with Crippen molar-refractivity contribution in [2.75, 3.05) is 55.1 Å². The normalized spacial score (nSPS) is 21.0. The Balaban J connectivity index is 1.66. The van der Waals surface area contributed by atoms with Gasteiger partial charge in [-0.25, -0.2) is 0 Å². The van der Waals surface area contributed by atoms with Crippen LogP contribution in [0.25, 0.3) is 0 Å². The van der Waals surface area contributed by atoms with E-state index in [1.54, 1.807) is 51.5 Å². The van der Waals surface area contributed by atoms with Gasteiger partial charge in [-0.3, -0.25) is 9.59 Å². The molecule has 1 N–H and O–H groups in total. The first-order chi connectivity index (χ1) is 19.4. The Hall–Kier alpha value is -3.46. The molecule has 1 saturated heterocycles. The lowest BCUT2D eigenvalue weighted by molar-refractivity contribution is -0.124. The quantitative estimate of drug-likeness (QED) is 0.413. The minimum Gasteiger partial charge on any atom is -0.493 e. The maximum atomic E-state index is 14.0. The first-order valence-electron chi connectivity index (χ1n) is 14.1. The van der Waals surface area contributed by atoms with Gasteiger partial charge in [0.2, 0.25) is 5.91 Å². The average Bonchev–Trinajstić information content (AvgIpc) is 2.99. The van der Waals surface area contributed by atoms with Crippen molar-refractivity contribution in [2.24, 2.45) is 0 Å². The van der Waals surface area contributed by atoms with Crippen LogP contribution in [0, 0.1) is 0 Å². The maximum Gasteiger partial charge on any atom is 0.254 e. The molecule has 2 amide bonds. The van der Waals surface area contributed by atoms with Crippen LogP contribution >= 0.6 is 0 Å². The summed E-state index contributed by atoms with van der Waals surface area (Å²) in [5.41, 5.74) is 1.81. The summed E-state index contributed by atoms with van der Waals surface area (Å²) in [5, 5.41) is 3.19. The Morgan fingerprint density at radius 2 is 1.62 bits per heavy atom. The van der Waals surface area contributed by atoms with E-state index in [9.17, 15) is 9.59 Å². The van der Waals surface area contributed by atoms with Crippen LogP contribution in [0.1, 0.15) is 72.5 Å². The molecule has 0 radical (unpaired) electrons. The Morgan fingerprint density at radius 1 is 0.950 bits per heavy atom. The summed E-state index contributed by atoms with van der Waals surface area (Å²) in [5.74, 6) is 1.01. The van der Waals surface area contributed by atoms with E-state index in [2.05, 4.69) is 17.1 Å². The summed E-state index contributed by atoms with van der Waals surface area (Å²) in [6, 6.07) is 9.00. The van der Waals surface area contributed by atoms with Gasteiger partial charge in [0, 0.05) is 31.7 Å². The topological polar surface area (TPSA) is 89.6 Å². The zero-order valence-electron chi connectivity index (χ0n) is 24.6. The zero-order valence-corrected chi connectivity index (χ0v) is 24.6. The molecule has 2 aliphatic rings. The summed E-state index contributed by atoms with van der Waals surface area (Å²) in [4.78, 5) is 31.8. The number of amides is 2. The number of hydrogen-bond donors (Lipinski definition) is 1. The van der Waals surface area contributed by atoms with Crippen LogP contribution in [-0.4, -0.2) is 82.8 Å². The zero-order chi connectivity index (χ0) is 28.8. The fourth-order valence-corrected chi connectivity index (χ4v) is 6.21. The molecule has 2 aromatic rings. The van der Waals surface area contributed by atoms with Gasteiger partial charge < -0.3 is 34.1 Å². The lowest BCUT2D eigenvalue weighted by Crippen LogP contribution is -2.46.